The van der Waals surface area contributed by atoms with E-state index < -0.39 is 0 Å². The van der Waals surface area contributed by atoms with Crippen molar-refractivity contribution in [1.29, 1.82) is 0 Å². The summed E-state index contributed by atoms with van der Waals surface area (Å²) in [6, 6.07) is 1.62. The first-order valence-corrected chi connectivity index (χ1v) is 6.47. The molecular weight excluding hydrogens is 268 g/mol. The number of carbonyl (C=O) groups is 1. The Labute approximate surface area is 122 Å². The van der Waals surface area contributed by atoms with Gasteiger partial charge in [0.25, 0.3) is 5.91 Å². The van der Waals surface area contributed by atoms with E-state index >= 15 is 0 Å². The molecule has 21 heavy (non-hydrogen) atoms. The second-order valence-corrected chi connectivity index (χ2v) is 4.45. The van der Waals surface area contributed by atoms with Crippen molar-refractivity contribution in [3.8, 4) is 11.8 Å². The lowest BCUT2D eigenvalue weighted by Gasteiger charge is -2.05. The fraction of sp³-hybridized carbons (Fsp3) is 0.267. The molecule has 0 radical (unpaired) electrons. The van der Waals surface area contributed by atoms with Gasteiger partial charge in [0.15, 0.2) is 0 Å². The Morgan fingerprint density at radius 2 is 2.33 bits per heavy atom. The number of nitrogens with zero attached hydrogens (tertiary/aromatic N) is 3. The molecule has 0 aliphatic rings. The van der Waals surface area contributed by atoms with Gasteiger partial charge in [0, 0.05) is 32.1 Å². The highest BCUT2D eigenvalue weighted by Crippen LogP contribution is 2.14. The molecule has 2 aromatic rings. The minimum Gasteiger partial charge on any atom is -0.395 e. The van der Waals surface area contributed by atoms with E-state index in [9.17, 15) is 4.79 Å². The van der Waals surface area contributed by atoms with Gasteiger partial charge in [0.2, 0.25) is 0 Å². The summed E-state index contributed by atoms with van der Waals surface area (Å²) in [5.41, 5.74) is 2.38. The zero-order valence-electron chi connectivity index (χ0n) is 11.9. The Kier molecular flexibility index (Phi) is 4.69. The van der Waals surface area contributed by atoms with Crippen LogP contribution in [0.5, 0.6) is 0 Å². The van der Waals surface area contributed by atoms with Crippen LogP contribution in [0.2, 0.25) is 0 Å². The topological polar surface area (TPSA) is 80.0 Å². The molecule has 108 valence electrons. The van der Waals surface area contributed by atoms with Crippen molar-refractivity contribution in [2.45, 2.75) is 13.3 Å². The van der Waals surface area contributed by atoms with E-state index in [0.717, 1.165) is 5.69 Å². The Hall–Kier alpha value is -2.65. The van der Waals surface area contributed by atoms with Crippen LogP contribution in [-0.2, 0) is 7.05 Å². The Morgan fingerprint density at radius 1 is 1.52 bits per heavy atom. The maximum atomic E-state index is 12.3. The Bertz CT molecular complexity index is 710. The van der Waals surface area contributed by atoms with Gasteiger partial charge in [0.05, 0.1) is 29.1 Å². The van der Waals surface area contributed by atoms with E-state index in [1.54, 1.807) is 30.2 Å². The third-order valence-electron chi connectivity index (χ3n) is 2.79. The van der Waals surface area contributed by atoms with Gasteiger partial charge in [-0.1, -0.05) is 11.8 Å². The number of aryl methyl sites for hydroxylation is 2. The molecule has 6 heteroatoms. The molecule has 6 nitrogen and oxygen atoms in total. The molecule has 0 unspecified atom stereocenters. The van der Waals surface area contributed by atoms with E-state index in [1.165, 1.54) is 6.20 Å². The molecule has 0 saturated carbocycles. The van der Waals surface area contributed by atoms with E-state index in [0.29, 0.717) is 23.2 Å². The molecule has 0 aliphatic carbocycles. The SMILES string of the molecule is Cc1nn(C)cc1NC(=O)c1ccncc1C#CCCO. The first-order valence-electron chi connectivity index (χ1n) is 6.47. The summed E-state index contributed by atoms with van der Waals surface area (Å²) in [6.45, 7) is 1.81. The van der Waals surface area contributed by atoms with Crippen molar-refractivity contribution in [3.63, 3.8) is 0 Å². The van der Waals surface area contributed by atoms with E-state index in [-0.39, 0.29) is 12.5 Å². The lowest BCUT2D eigenvalue weighted by atomic mass is 10.1. The third kappa shape index (κ3) is 3.68. The molecule has 0 saturated heterocycles. The average molecular weight is 284 g/mol. The maximum Gasteiger partial charge on any atom is 0.257 e. The second-order valence-electron chi connectivity index (χ2n) is 4.45. The van der Waals surface area contributed by atoms with E-state index in [4.69, 9.17) is 5.11 Å². The lowest BCUT2D eigenvalue weighted by Crippen LogP contribution is -2.14. The standard InChI is InChI=1S/C15H16N4O2/c1-11-14(10-19(2)18-11)17-15(21)13-6-7-16-9-12(13)5-3-4-8-20/h6-7,9-10,20H,4,8H2,1-2H3,(H,17,21). The monoisotopic (exact) mass is 284 g/mol. The van der Waals surface area contributed by atoms with Gasteiger partial charge in [-0.15, -0.1) is 0 Å². The number of aliphatic hydroxyl groups is 1. The first-order chi connectivity index (χ1) is 10.1. The molecule has 0 aliphatic heterocycles. The summed E-state index contributed by atoms with van der Waals surface area (Å²) in [6.07, 6.45) is 5.18. The number of hydrogen-bond acceptors (Lipinski definition) is 4. The van der Waals surface area contributed by atoms with Gasteiger partial charge >= 0.3 is 0 Å². The van der Waals surface area contributed by atoms with Crippen LogP contribution in [-0.4, -0.2) is 32.4 Å². The molecule has 0 bridgehead atoms. The van der Waals surface area contributed by atoms with Crippen LogP contribution in [0.25, 0.3) is 0 Å². The Morgan fingerprint density at radius 3 is 3.00 bits per heavy atom. The number of pyridine rings is 1. The molecule has 0 spiro atoms. The van der Waals surface area contributed by atoms with Crippen molar-refractivity contribution >= 4 is 11.6 Å². The summed E-state index contributed by atoms with van der Waals surface area (Å²) in [5.74, 6) is 5.37. The second kappa shape index (κ2) is 6.68. The maximum absolute atomic E-state index is 12.3. The van der Waals surface area contributed by atoms with Crippen LogP contribution in [0.4, 0.5) is 5.69 Å². The predicted octanol–water partition coefficient (Wildman–Crippen LogP) is 1.11. The van der Waals surface area contributed by atoms with Crippen LogP contribution in [0, 0.1) is 18.8 Å². The van der Waals surface area contributed by atoms with Crippen molar-refractivity contribution in [2.75, 3.05) is 11.9 Å². The minimum absolute atomic E-state index is 0.0102. The summed E-state index contributed by atoms with van der Waals surface area (Å²) < 4.78 is 1.64. The molecule has 0 fully saturated rings. The van der Waals surface area contributed by atoms with E-state index in [2.05, 4.69) is 27.2 Å². The van der Waals surface area contributed by atoms with Gasteiger partial charge < -0.3 is 10.4 Å². The van der Waals surface area contributed by atoms with Crippen molar-refractivity contribution < 1.29 is 9.90 Å². The van der Waals surface area contributed by atoms with Crippen molar-refractivity contribution in [1.82, 2.24) is 14.8 Å². The van der Waals surface area contributed by atoms with Gasteiger partial charge in [-0.05, 0) is 13.0 Å². The Balaban J connectivity index is 2.24. The quantitative estimate of drug-likeness (QED) is 0.827. The van der Waals surface area contributed by atoms with Crippen LogP contribution in [0.3, 0.4) is 0 Å². The molecule has 0 atom stereocenters. The van der Waals surface area contributed by atoms with Crippen LogP contribution in [0.15, 0.2) is 24.7 Å². The van der Waals surface area contributed by atoms with Crippen molar-refractivity contribution in [2.24, 2.45) is 7.05 Å². The number of hydrogen-bond donors (Lipinski definition) is 2. The van der Waals surface area contributed by atoms with Crippen LogP contribution >= 0.6 is 0 Å². The fourth-order valence-corrected chi connectivity index (χ4v) is 1.82. The average Bonchev–Trinajstić information content (AvgIpc) is 2.77. The largest absolute Gasteiger partial charge is 0.395 e. The highest BCUT2D eigenvalue weighted by Gasteiger charge is 2.13. The summed E-state index contributed by atoms with van der Waals surface area (Å²) >= 11 is 0. The predicted molar refractivity (Wildman–Crippen MR) is 78.7 cm³/mol. The van der Waals surface area contributed by atoms with Crippen LogP contribution < -0.4 is 5.32 Å². The molecule has 1 amide bonds. The molecule has 2 rings (SSSR count). The summed E-state index contributed by atoms with van der Waals surface area (Å²) in [4.78, 5) is 16.3. The van der Waals surface area contributed by atoms with Gasteiger partial charge in [-0.25, -0.2) is 0 Å². The first kappa shape index (κ1) is 14.8. The third-order valence-corrected chi connectivity index (χ3v) is 2.79. The number of amides is 1. The number of aliphatic hydroxyl groups excluding tert-OH is 1. The molecular formula is C15H16N4O2. The van der Waals surface area contributed by atoms with E-state index in [1.807, 2.05) is 6.92 Å². The minimum atomic E-state index is -0.262. The smallest absolute Gasteiger partial charge is 0.257 e. The number of anilines is 1. The van der Waals surface area contributed by atoms with Crippen molar-refractivity contribution in [3.05, 3.63) is 41.5 Å². The highest BCUT2D eigenvalue weighted by atomic mass is 16.2. The molecule has 2 aromatic heterocycles. The van der Waals surface area contributed by atoms with Crippen LogP contribution in [0.1, 0.15) is 28.0 Å². The summed E-state index contributed by atoms with van der Waals surface area (Å²) in [7, 11) is 1.79. The zero-order valence-corrected chi connectivity index (χ0v) is 11.9. The number of aromatic nitrogens is 3. The van der Waals surface area contributed by atoms with Gasteiger partial charge in [0.1, 0.15) is 0 Å². The zero-order chi connectivity index (χ0) is 15.2. The number of nitrogens with one attached hydrogen (secondary N) is 1. The van der Waals surface area contributed by atoms with Gasteiger partial charge in [-0.3, -0.25) is 14.5 Å². The van der Waals surface area contributed by atoms with Gasteiger partial charge in [-0.2, -0.15) is 5.10 Å². The molecule has 0 aromatic carbocycles. The lowest BCUT2D eigenvalue weighted by molar-refractivity contribution is 0.102. The fourth-order valence-electron chi connectivity index (χ4n) is 1.82. The summed E-state index contributed by atoms with van der Waals surface area (Å²) in [5, 5.41) is 15.7. The normalized spacial score (nSPS) is 9.86. The number of carbonyl (C=O) groups excluding carboxylic acids is 1. The highest BCUT2D eigenvalue weighted by molar-refractivity contribution is 6.06. The number of rotatable bonds is 3. The molecule has 2 N–H and O–H groups in total. The molecule has 2 heterocycles.